The highest BCUT2D eigenvalue weighted by molar-refractivity contribution is 6.62. The van der Waals surface area contributed by atoms with E-state index in [9.17, 15) is 4.79 Å². The number of rotatable bonds is 2. The fourth-order valence-corrected chi connectivity index (χ4v) is 1.85. The highest BCUT2D eigenvalue weighted by Crippen LogP contribution is 2.36. The summed E-state index contributed by atoms with van der Waals surface area (Å²) in [6, 6.07) is 6.88. The van der Waals surface area contributed by atoms with Gasteiger partial charge in [-0.05, 0) is 45.3 Å². The average molecular weight is 283 g/mol. The number of benzene rings is 1. The molecule has 4 nitrogen and oxygen atoms in total. The van der Waals surface area contributed by atoms with Crippen molar-refractivity contribution >= 4 is 29.6 Å². The molecule has 0 atom stereocenters. The van der Waals surface area contributed by atoms with Gasteiger partial charge in [-0.3, -0.25) is 0 Å². The molecule has 1 aromatic rings. The minimum atomic E-state index is -0.858. The summed E-state index contributed by atoms with van der Waals surface area (Å²) in [6.07, 6.45) is 0. The monoisotopic (exact) mass is 282 g/mol. The van der Waals surface area contributed by atoms with Crippen molar-refractivity contribution in [3.63, 3.8) is 0 Å². The van der Waals surface area contributed by atoms with E-state index in [1.807, 2.05) is 27.7 Å². The Morgan fingerprint density at radius 1 is 1.11 bits per heavy atom. The van der Waals surface area contributed by atoms with Crippen molar-refractivity contribution in [1.82, 2.24) is 0 Å². The van der Waals surface area contributed by atoms with E-state index in [0.29, 0.717) is 5.75 Å². The van der Waals surface area contributed by atoms with E-state index in [2.05, 4.69) is 0 Å². The summed E-state index contributed by atoms with van der Waals surface area (Å²) in [4.78, 5) is 10.6. The van der Waals surface area contributed by atoms with E-state index in [4.69, 9.17) is 25.6 Å². The van der Waals surface area contributed by atoms with Gasteiger partial charge in [0.25, 0.3) is 0 Å². The SMILES string of the molecule is CC1(C)OB(c2ccc(OC(=O)Cl)cc2)OC1(C)C. The van der Waals surface area contributed by atoms with E-state index >= 15 is 0 Å². The Hall–Kier alpha value is -1.04. The van der Waals surface area contributed by atoms with Crippen LogP contribution in [0.1, 0.15) is 27.7 Å². The van der Waals surface area contributed by atoms with Gasteiger partial charge in [0.2, 0.25) is 0 Å². The third-order valence-corrected chi connectivity index (χ3v) is 3.68. The molecule has 19 heavy (non-hydrogen) atoms. The molecule has 0 N–H and O–H groups in total. The highest BCUT2D eigenvalue weighted by Gasteiger charge is 2.51. The topological polar surface area (TPSA) is 44.8 Å². The molecular formula is C13H16BClO4. The van der Waals surface area contributed by atoms with Gasteiger partial charge >= 0.3 is 12.5 Å². The Bertz CT molecular complexity index is 468. The van der Waals surface area contributed by atoms with Gasteiger partial charge in [0.05, 0.1) is 11.2 Å². The van der Waals surface area contributed by atoms with Gasteiger partial charge < -0.3 is 14.0 Å². The van der Waals surface area contributed by atoms with E-state index in [1.165, 1.54) is 0 Å². The molecule has 1 saturated heterocycles. The van der Waals surface area contributed by atoms with Crippen molar-refractivity contribution in [3.8, 4) is 5.75 Å². The van der Waals surface area contributed by atoms with Crippen molar-refractivity contribution in [2.75, 3.05) is 0 Å². The van der Waals surface area contributed by atoms with Crippen molar-refractivity contribution in [2.24, 2.45) is 0 Å². The van der Waals surface area contributed by atoms with Crippen LogP contribution >= 0.6 is 11.6 Å². The first-order chi connectivity index (χ1) is 8.71. The summed E-state index contributed by atoms with van der Waals surface area (Å²) in [7, 11) is -0.425. The van der Waals surface area contributed by atoms with Crippen LogP contribution in [-0.4, -0.2) is 23.7 Å². The zero-order valence-corrected chi connectivity index (χ0v) is 12.2. The molecule has 0 spiro atoms. The number of carbonyl (C=O) groups is 1. The molecule has 0 bridgehead atoms. The van der Waals surface area contributed by atoms with Crippen LogP contribution in [0.15, 0.2) is 24.3 Å². The minimum Gasteiger partial charge on any atom is -0.415 e. The van der Waals surface area contributed by atoms with Crippen LogP contribution < -0.4 is 10.2 Å². The second-order valence-electron chi connectivity index (χ2n) is 5.50. The van der Waals surface area contributed by atoms with Crippen molar-refractivity contribution in [3.05, 3.63) is 24.3 Å². The third kappa shape index (κ3) is 2.94. The molecule has 1 aliphatic heterocycles. The molecule has 102 valence electrons. The van der Waals surface area contributed by atoms with E-state index in [-0.39, 0.29) is 11.2 Å². The first-order valence-electron chi connectivity index (χ1n) is 6.04. The second kappa shape index (κ2) is 4.82. The lowest BCUT2D eigenvalue weighted by molar-refractivity contribution is 0.00578. The summed E-state index contributed by atoms with van der Waals surface area (Å²) < 4.78 is 16.6. The smallest absolute Gasteiger partial charge is 0.415 e. The summed E-state index contributed by atoms with van der Waals surface area (Å²) in [5.74, 6) is 0.389. The number of ether oxygens (including phenoxy) is 1. The fraction of sp³-hybridized carbons (Fsp3) is 0.462. The lowest BCUT2D eigenvalue weighted by Gasteiger charge is -2.32. The quantitative estimate of drug-likeness (QED) is 0.618. The van der Waals surface area contributed by atoms with Crippen LogP contribution in [0.5, 0.6) is 5.75 Å². The number of halogens is 1. The largest absolute Gasteiger partial charge is 0.494 e. The molecule has 1 heterocycles. The Morgan fingerprint density at radius 2 is 1.58 bits per heavy atom. The van der Waals surface area contributed by atoms with Gasteiger partial charge in [0, 0.05) is 11.6 Å². The molecule has 6 heteroatoms. The zero-order valence-electron chi connectivity index (χ0n) is 11.4. The highest BCUT2D eigenvalue weighted by atomic mass is 35.5. The van der Waals surface area contributed by atoms with Gasteiger partial charge in [0.15, 0.2) is 0 Å². The Labute approximate surface area is 118 Å². The molecule has 0 aliphatic carbocycles. The maximum atomic E-state index is 10.6. The molecule has 0 radical (unpaired) electrons. The zero-order chi connectivity index (χ0) is 14.3. The summed E-state index contributed by atoms with van der Waals surface area (Å²) in [5, 5.41) is 0. The first kappa shape index (κ1) is 14.4. The predicted octanol–water partition coefficient (Wildman–Crippen LogP) is 2.72. The fourth-order valence-electron chi connectivity index (χ4n) is 1.76. The average Bonchev–Trinajstić information content (AvgIpc) is 2.48. The summed E-state index contributed by atoms with van der Waals surface area (Å²) in [5.41, 5.74) is -0.742. The summed E-state index contributed by atoms with van der Waals surface area (Å²) in [6.45, 7) is 7.99. The maximum absolute atomic E-state index is 10.6. The number of carbonyl (C=O) groups excluding carboxylic acids is 1. The molecule has 1 aromatic carbocycles. The minimum absolute atomic E-state index is 0.376. The normalized spacial score (nSPS) is 20.4. The molecule has 2 rings (SSSR count). The van der Waals surface area contributed by atoms with Crippen molar-refractivity contribution < 1.29 is 18.8 Å². The number of hydrogen-bond acceptors (Lipinski definition) is 4. The van der Waals surface area contributed by atoms with E-state index in [1.54, 1.807) is 24.3 Å². The summed E-state index contributed by atoms with van der Waals surface area (Å²) >= 11 is 5.14. The lowest BCUT2D eigenvalue weighted by Crippen LogP contribution is -2.41. The van der Waals surface area contributed by atoms with Crippen LogP contribution in [0.2, 0.25) is 0 Å². The third-order valence-electron chi connectivity index (χ3n) is 3.60. The molecule has 1 aliphatic rings. The van der Waals surface area contributed by atoms with Gasteiger partial charge in [-0.1, -0.05) is 12.1 Å². The Morgan fingerprint density at radius 3 is 2.00 bits per heavy atom. The Kier molecular flexibility index (Phi) is 3.64. The maximum Gasteiger partial charge on any atom is 0.494 e. The van der Waals surface area contributed by atoms with Gasteiger partial charge in [-0.2, -0.15) is 0 Å². The molecule has 1 fully saturated rings. The first-order valence-corrected chi connectivity index (χ1v) is 6.42. The van der Waals surface area contributed by atoms with Gasteiger partial charge in [-0.25, -0.2) is 4.79 Å². The molecule has 0 aromatic heterocycles. The number of hydrogen-bond donors (Lipinski definition) is 0. The molecular weight excluding hydrogens is 266 g/mol. The lowest BCUT2D eigenvalue weighted by atomic mass is 9.79. The van der Waals surface area contributed by atoms with Crippen LogP contribution in [0.25, 0.3) is 0 Å². The van der Waals surface area contributed by atoms with Crippen LogP contribution in [0.4, 0.5) is 4.79 Å². The Balaban J connectivity index is 2.14. The van der Waals surface area contributed by atoms with Crippen LogP contribution in [-0.2, 0) is 9.31 Å². The van der Waals surface area contributed by atoms with Crippen molar-refractivity contribution in [2.45, 2.75) is 38.9 Å². The molecule has 0 amide bonds. The standard InChI is InChI=1S/C13H16BClO4/c1-12(2)13(3,4)19-14(18-12)9-5-7-10(8-6-9)17-11(15)16/h5-8H,1-4H3. The van der Waals surface area contributed by atoms with E-state index < -0.39 is 12.5 Å². The van der Waals surface area contributed by atoms with E-state index in [0.717, 1.165) is 5.46 Å². The van der Waals surface area contributed by atoms with Crippen molar-refractivity contribution in [1.29, 1.82) is 0 Å². The molecule has 0 saturated carbocycles. The van der Waals surface area contributed by atoms with Gasteiger partial charge in [-0.15, -0.1) is 0 Å². The second-order valence-corrected chi connectivity index (χ2v) is 5.81. The van der Waals surface area contributed by atoms with Crippen LogP contribution in [0.3, 0.4) is 0 Å². The predicted molar refractivity (Wildman–Crippen MR) is 74.0 cm³/mol. The van der Waals surface area contributed by atoms with Gasteiger partial charge in [0.1, 0.15) is 5.75 Å². The van der Waals surface area contributed by atoms with Crippen LogP contribution in [0, 0.1) is 0 Å². The molecule has 0 unspecified atom stereocenters.